The molecule has 0 aliphatic rings. The van der Waals surface area contributed by atoms with Crippen LogP contribution in [0.2, 0.25) is 0 Å². The van der Waals surface area contributed by atoms with E-state index in [-0.39, 0.29) is 5.91 Å². The number of aromatic amines is 2. The van der Waals surface area contributed by atoms with E-state index in [0.717, 1.165) is 16.6 Å². The molecular formula is C10H11BrN4O. The van der Waals surface area contributed by atoms with Gasteiger partial charge >= 0.3 is 0 Å². The van der Waals surface area contributed by atoms with Crippen LogP contribution in [0.25, 0.3) is 0 Å². The molecule has 2 rings (SSSR count). The minimum Gasteiger partial charge on any atom is -0.356 e. The highest BCUT2D eigenvalue weighted by Crippen LogP contribution is 2.12. The van der Waals surface area contributed by atoms with E-state index in [1.54, 1.807) is 12.3 Å². The summed E-state index contributed by atoms with van der Waals surface area (Å²) in [5.74, 6) is 0.326. The predicted molar refractivity (Wildman–Crippen MR) is 64.4 cm³/mol. The van der Waals surface area contributed by atoms with Crippen LogP contribution >= 0.6 is 15.9 Å². The van der Waals surface area contributed by atoms with E-state index in [1.165, 1.54) is 0 Å². The van der Waals surface area contributed by atoms with Crippen molar-refractivity contribution < 1.29 is 4.79 Å². The Labute approximate surface area is 101 Å². The number of nitrogens with zero attached hydrogens (tertiary/aromatic N) is 1. The SMILES string of the molecule is CCc1cc(NC(=O)c2cc(Br)c[nH]2)n[nH]1. The largest absolute Gasteiger partial charge is 0.356 e. The van der Waals surface area contributed by atoms with Gasteiger partial charge in [0.05, 0.1) is 0 Å². The maximum absolute atomic E-state index is 11.7. The van der Waals surface area contributed by atoms with Crippen molar-refractivity contribution in [1.82, 2.24) is 15.2 Å². The molecule has 2 aromatic rings. The molecule has 0 fully saturated rings. The van der Waals surface area contributed by atoms with E-state index < -0.39 is 0 Å². The van der Waals surface area contributed by atoms with Crippen LogP contribution in [0.15, 0.2) is 22.8 Å². The van der Waals surface area contributed by atoms with E-state index in [2.05, 4.69) is 36.4 Å². The summed E-state index contributed by atoms with van der Waals surface area (Å²) in [6.45, 7) is 2.02. The summed E-state index contributed by atoms with van der Waals surface area (Å²) in [4.78, 5) is 14.6. The average Bonchev–Trinajstić information content (AvgIpc) is 2.87. The molecule has 0 aliphatic heterocycles. The summed E-state index contributed by atoms with van der Waals surface area (Å²) < 4.78 is 0.842. The topological polar surface area (TPSA) is 73.6 Å². The molecule has 0 aliphatic carbocycles. The molecular weight excluding hydrogens is 272 g/mol. The van der Waals surface area contributed by atoms with Crippen LogP contribution in [0.4, 0.5) is 5.82 Å². The highest BCUT2D eigenvalue weighted by Gasteiger charge is 2.09. The van der Waals surface area contributed by atoms with Crippen molar-refractivity contribution in [1.29, 1.82) is 0 Å². The Morgan fingerprint density at radius 2 is 2.38 bits per heavy atom. The van der Waals surface area contributed by atoms with Crippen LogP contribution < -0.4 is 5.32 Å². The number of hydrogen-bond acceptors (Lipinski definition) is 2. The fourth-order valence-electron chi connectivity index (χ4n) is 1.29. The molecule has 84 valence electrons. The number of carbonyl (C=O) groups excluding carboxylic acids is 1. The number of hydrogen-bond donors (Lipinski definition) is 3. The number of amides is 1. The first-order valence-electron chi connectivity index (χ1n) is 4.88. The number of nitrogens with one attached hydrogen (secondary N) is 3. The Balaban J connectivity index is 2.07. The number of aryl methyl sites for hydroxylation is 1. The third-order valence-electron chi connectivity index (χ3n) is 2.15. The molecule has 3 N–H and O–H groups in total. The normalized spacial score (nSPS) is 10.4. The van der Waals surface area contributed by atoms with Gasteiger partial charge in [0.2, 0.25) is 0 Å². The first-order valence-corrected chi connectivity index (χ1v) is 5.68. The van der Waals surface area contributed by atoms with Gasteiger partial charge < -0.3 is 10.3 Å². The summed E-state index contributed by atoms with van der Waals surface area (Å²) >= 11 is 3.27. The Morgan fingerprint density at radius 1 is 1.56 bits per heavy atom. The molecule has 0 radical (unpaired) electrons. The fraction of sp³-hybridized carbons (Fsp3) is 0.200. The third kappa shape index (κ3) is 2.33. The Morgan fingerprint density at radius 3 is 2.94 bits per heavy atom. The lowest BCUT2D eigenvalue weighted by Crippen LogP contribution is -2.12. The second-order valence-electron chi connectivity index (χ2n) is 3.32. The molecule has 0 spiro atoms. The van der Waals surface area contributed by atoms with Crippen LogP contribution in [-0.2, 0) is 6.42 Å². The molecule has 0 unspecified atom stereocenters. The van der Waals surface area contributed by atoms with E-state index in [9.17, 15) is 4.79 Å². The number of rotatable bonds is 3. The third-order valence-corrected chi connectivity index (χ3v) is 2.60. The molecule has 0 atom stereocenters. The van der Waals surface area contributed by atoms with Crippen LogP contribution in [-0.4, -0.2) is 21.1 Å². The number of aromatic nitrogens is 3. The van der Waals surface area contributed by atoms with Crippen molar-refractivity contribution in [2.24, 2.45) is 0 Å². The van der Waals surface area contributed by atoms with Gasteiger partial charge in [0.15, 0.2) is 5.82 Å². The molecule has 0 bridgehead atoms. The number of anilines is 1. The molecule has 2 aromatic heterocycles. The first kappa shape index (κ1) is 10.9. The van der Waals surface area contributed by atoms with Crippen LogP contribution in [0.3, 0.4) is 0 Å². The predicted octanol–water partition coefficient (Wildman–Crippen LogP) is 2.31. The molecule has 16 heavy (non-hydrogen) atoms. The minimum atomic E-state index is -0.208. The molecule has 0 saturated heterocycles. The molecule has 2 heterocycles. The van der Waals surface area contributed by atoms with Crippen molar-refractivity contribution in [2.75, 3.05) is 5.32 Å². The van der Waals surface area contributed by atoms with E-state index in [4.69, 9.17) is 0 Å². The van der Waals surface area contributed by atoms with Crippen molar-refractivity contribution >= 4 is 27.7 Å². The average molecular weight is 283 g/mol. The second-order valence-corrected chi connectivity index (χ2v) is 4.23. The van der Waals surface area contributed by atoms with Gasteiger partial charge in [-0.3, -0.25) is 9.89 Å². The lowest BCUT2D eigenvalue weighted by molar-refractivity contribution is 0.102. The maximum Gasteiger partial charge on any atom is 0.273 e. The highest BCUT2D eigenvalue weighted by atomic mass is 79.9. The van der Waals surface area contributed by atoms with Crippen molar-refractivity contribution in [2.45, 2.75) is 13.3 Å². The monoisotopic (exact) mass is 282 g/mol. The zero-order chi connectivity index (χ0) is 11.5. The van der Waals surface area contributed by atoms with Gasteiger partial charge in [-0.2, -0.15) is 5.10 Å². The van der Waals surface area contributed by atoms with Gasteiger partial charge in [-0.25, -0.2) is 0 Å². The van der Waals surface area contributed by atoms with E-state index in [1.807, 2.05) is 13.0 Å². The molecule has 0 aromatic carbocycles. The summed E-state index contributed by atoms with van der Waals surface area (Å²) in [5, 5.41) is 9.50. The quantitative estimate of drug-likeness (QED) is 0.808. The second kappa shape index (κ2) is 4.52. The van der Waals surface area contributed by atoms with Gasteiger partial charge in [-0.05, 0) is 28.4 Å². The summed E-state index contributed by atoms with van der Waals surface area (Å²) in [6, 6.07) is 3.53. The molecule has 1 amide bonds. The Bertz CT molecular complexity index is 502. The molecule has 0 saturated carbocycles. The summed E-state index contributed by atoms with van der Waals surface area (Å²) in [7, 11) is 0. The van der Waals surface area contributed by atoms with Gasteiger partial charge in [0, 0.05) is 22.4 Å². The fourth-order valence-corrected chi connectivity index (χ4v) is 1.63. The molecule has 5 nitrogen and oxygen atoms in total. The smallest absolute Gasteiger partial charge is 0.273 e. The lowest BCUT2D eigenvalue weighted by Gasteiger charge is -1.97. The van der Waals surface area contributed by atoms with Gasteiger partial charge in [-0.1, -0.05) is 6.92 Å². The number of carbonyl (C=O) groups is 1. The summed E-state index contributed by atoms with van der Waals surface area (Å²) in [5.41, 5.74) is 1.48. The summed E-state index contributed by atoms with van der Waals surface area (Å²) in [6.07, 6.45) is 2.56. The van der Waals surface area contributed by atoms with Crippen LogP contribution in [0, 0.1) is 0 Å². The van der Waals surface area contributed by atoms with Crippen LogP contribution in [0.1, 0.15) is 23.1 Å². The number of H-pyrrole nitrogens is 2. The van der Waals surface area contributed by atoms with Crippen molar-refractivity contribution in [3.8, 4) is 0 Å². The maximum atomic E-state index is 11.7. The van der Waals surface area contributed by atoms with E-state index >= 15 is 0 Å². The van der Waals surface area contributed by atoms with Gasteiger partial charge in [0.25, 0.3) is 5.91 Å². The van der Waals surface area contributed by atoms with Crippen molar-refractivity contribution in [3.05, 3.63) is 34.2 Å². The zero-order valence-electron chi connectivity index (χ0n) is 8.67. The standard InChI is InChI=1S/C10H11BrN4O/c1-2-7-4-9(15-14-7)13-10(16)8-3-6(11)5-12-8/h3-5,12H,2H2,1H3,(H2,13,14,15,16). The Kier molecular flexibility index (Phi) is 3.09. The zero-order valence-corrected chi connectivity index (χ0v) is 10.3. The van der Waals surface area contributed by atoms with Gasteiger partial charge in [0.1, 0.15) is 5.69 Å². The van der Waals surface area contributed by atoms with E-state index in [0.29, 0.717) is 11.5 Å². The lowest BCUT2D eigenvalue weighted by atomic mass is 10.3. The van der Waals surface area contributed by atoms with Crippen molar-refractivity contribution in [3.63, 3.8) is 0 Å². The molecule has 6 heteroatoms. The first-order chi connectivity index (χ1) is 7.69. The van der Waals surface area contributed by atoms with Crippen LogP contribution in [0.5, 0.6) is 0 Å². The number of halogens is 1. The Hall–Kier alpha value is -1.56. The highest BCUT2D eigenvalue weighted by molar-refractivity contribution is 9.10. The minimum absolute atomic E-state index is 0.208. The van der Waals surface area contributed by atoms with Gasteiger partial charge in [-0.15, -0.1) is 0 Å².